The first-order valence-electron chi connectivity index (χ1n) is 11.1. The molecule has 4 unspecified atom stereocenters. The number of carbonyl (C=O) groups is 2. The summed E-state index contributed by atoms with van der Waals surface area (Å²) < 4.78 is 13.4. The van der Waals surface area contributed by atoms with Crippen LogP contribution in [0.2, 0.25) is 0 Å². The molecule has 2 amide bonds. The quantitative estimate of drug-likeness (QED) is 0.328. The Hall–Kier alpha value is -2.33. The Morgan fingerprint density at radius 2 is 1.41 bits per heavy atom. The van der Waals surface area contributed by atoms with Crippen LogP contribution in [0.3, 0.4) is 0 Å². The van der Waals surface area contributed by atoms with Crippen molar-refractivity contribution < 1.29 is 19.1 Å². The Morgan fingerprint density at radius 3 is 1.91 bits per heavy atom. The number of anilines is 2. The van der Waals surface area contributed by atoms with Crippen molar-refractivity contribution in [1.82, 2.24) is 0 Å². The number of thiol groups is 1. The van der Waals surface area contributed by atoms with Gasteiger partial charge in [-0.05, 0) is 61.1 Å². The first kappa shape index (κ1) is 24.8. The van der Waals surface area contributed by atoms with Gasteiger partial charge in [-0.1, -0.05) is 34.1 Å². The summed E-state index contributed by atoms with van der Waals surface area (Å²) in [6.07, 6.45) is 4.06. The number of fused-ring (bicyclic) bond motifs is 6. The molecule has 10 heteroatoms. The maximum absolute atomic E-state index is 11.7. The van der Waals surface area contributed by atoms with E-state index in [1.165, 1.54) is 38.2 Å². The van der Waals surface area contributed by atoms with Gasteiger partial charge in [-0.3, -0.25) is 9.80 Å². The second kappa shape index (κ2) is 10.5. The molecule has 2 saturated carbocycles. The zero-order valence-corrected chi connectivity index (χ0v) is 21.5. The molecule has 6 rings (SSSR count). The molecule has 0 saturated heterocycles. The standard InChI is InChI=1S/C12H12BrNO2.C12H13NO2.BHNS/c1-16-12(15)14-10-5-3-8(10)9-6-7(13)2-4-11(9)14;1-15-12(14)13-10-5-3-2-4-8(10)9-6-7-11(9)13;1-2-3/h2,4,6,8,10H,3,5H2,1H3;2-5,9,11H,6-7H2,1H3;3H. The second-order valence-electron chi connectivity index (χ2n) is 8.56. The summed E-state index contributed by atoms with van der Waals surface area (Å²) in [7, 11) is 7.22. The van der Waals surface area contributed by atoms with E-state index in [1.54, 1.807) is 4.90 Å². The number of amides is 2. The van der Waals surface area contributed by atoms with Gasteiger partial charge in [0.2, 0.25) is 0 Å². The van der Waals surface area contributed by atoms with Crippen LogP contribution in [-0.2, 0) is 9.47 Å². The zero-order chi connectivity index (χ0) is 24.4. The Balaban J connectivity index is 0.000000145. The molecule has 4 atom stereocenters. The van der Waals surface area contributed by atoms with E-state index in [-0.39, 0.29) is 12.2 Å². The predicted octanol–water partition coefficient (Wildman–Crippen LogP) is 5.98. The number of nitrogens with zero attached hydrogens (tertiary/aromatic N) is 3. The number of hydrogen-bond acceptors (Lipinski definition) is 6. The molecule has 0 bridgehead atoms. The Morgan fingerprint density at radius 1 is 0.912 bits per heavy atom. The number of carbonyl (C=O) groups excluding carboxylic acids is 2. The van der Waals surface area contributed by atoms with E-state index in [4.69, 9.17) is 9.47 Å². The van der Waals surface area contributed by atoms with E-state index in [9.17, 15) is 9.59 Å². The number of hydrogen-bond donors (Lipinski definition) is 1. The molecule has 0 aromatic heterocycles. The van der Waals surface area contributed by atoms with Gasteiger partial charge in [0.05, 0.1) is 25.6 Å². The fraction of sp³-hybridized carbons (Fsp3) is 0.417. The summed E-state index contributed by atoms with van der Waals surface area (Å²) in [5, 5.41) is 0. The van der Waals surface area contributed by atoms with Gasteiger partial charge in [-0.15, -0.1) is 0 Å². The van der Waals surface area contributed by atoms with Crippen LogP contribution in [-0.4, -0.2) is 46.1 Å². The van der Waals surface area contributed by atoms with Gasteiger partial charge in [0.1, 0.15) is 0 Å². The van der Waals surface area contributed by atoms with Gasteiger partial charge in [-0.2, -0.15) is 0 Å². The van der Waals surface area contributed by atoms with Gasteiger partial charge in [-0.25, -0.2) is 9.59 Å². The molecular weight excluding hydrogens is 517 g/mol. The van der Waals surface area contributed by atoms with Crippen LogP contribution >= 0.6 is 28.7 Å². The summed E-state index contributed by atoms with van der Waals surface area (Å²) in [6.45, 7) is 0. The normalized spacial score (nSPS) is 24.2. The van der Waals surface area contributed by atoms with Crippen LogP contribution in [0.15, 0.2) is 51.2 Å². The molecule has 2 aliphatic heterocycles. The predicted molar refractivity (Wildman–Crippen MR) is 139 cm³/mol. The van der Waals surface area contributed by atoms with E-state index in [0.29, 0.717) is 23.9 Å². The number of para-hydroxylation sites is 1. The number of benzene rings is 2. The van der Waals surface area contributed by atoms with Gasteiger partial charge in [0.15, 0.2) is 0 Å². The van der Waals surface area contributed by atoms with Gasteiger partial charge in [0, 0.05) is 28.4 Å². The third-order valence-corrected chi connectivity index (χ3v) is 7.62. The number of methoxy groups -OCH3 is 2. The van der Waals surface area contributed by atoms with Crippen molar-refractivity contribution in [2.24, 2.45) is 4.30 Å². The first-order valence-corrected chi connectivity index (χ1v) is 12.3. The Kier molecular flexibility index (Phi) is 7.67. The van der Waals surface area contributed by atoms with Crippen LogP contribution < -0.4 is 9.80 Å². The summed E-state index contributed by atoms with van der Waals surface area (Å²) in [5.74, 6) is 1.05. The van der Waals surface area contributed by atoms with Crippen molar-refractivity contribution in [2.45, 2.75) is 49.6 Å². The summed E-state index contributed by atoms with van der Waals surface area (Å²) in [4.78, 5) is 27.0. The average Bonchev–Trinajstić information content (AvgIpc) is 3.15. The monoisotopic (exact) mass is 542 g/mol. The van der Waals surface area contributed by atoms with Crippen LogP contribution in [0.1, 0.15) is 48.6 Å². The third-order valence-electron chi connectivity index (χ3n) is 7.13. The fourth-order valence-corrected chi connectivity index (χ4v) is 5.77. The summed E-state index contributed by atoms with van der Waals surface area (Å²) >= 11 is 6.67. The molecule has 2 aromatic carbocycles. The van der Waals surface area contributed by atoms with Crippen molar-refractivity contribution in [3.63, 3.8) is 0 Å². The van der Waals surface area contributed by atoms with Crippen LogP contribution in [0.25, 0.3) is 0 Å². The molecule has 7 nitrogen and oxygen atoms in total. The molecule has 2 aliphatic carbocycles. The molecule has 1 radical (unpaired) electrons. The topological polar surface area (TPSA) is 71.4 Å². The second-order valence-corrected chi connectivity index (χ2v) is 9.71. The minimum absolute atomic E-state index is 0.227. The van der Waals surface area contributed by atoms with E-state index in [1.807, 2.05) is 35.2 Å². The van der Waals surface area contributed by atoms with Crippen LogP contribution in [0.5, 0.6) is 0 Å². The van der Waals surface area contributed by atoms with Crippen molar-refractivity contribution in [3.8, 4) is 0 Å². The van der Waals surface area contributed by atoms with Gasteiger partial charge < -0.3 is 9.47 Å². The number of ether oxygens (including phenoxy) is 2. The molecule has 0 N–H and O–H groups in total. The van der Waals surface area contributed by atoms with Crippen LogP contribution in [0.4, 0.5) is 21.0 Å². The molecule has 4 aliphatic rings. The van der Waals surface area contributed by atoms with Gasteiger partial charge in [0.25, 0.3) is 0 Å². The van der Waals surface area contributed by atoms with Crippen molar-refractivity contribution in [2.75, 3.05) is 24.0 Å². The maximum atomic E-state index is 11.7. The fourth-order valence-electron chi connectivity index (χ4n) is 5.39. The van der Waals surface area contributed by atoms with E-state index in [0.717, 1.165) is 28.7 Å². The third kappa shape index (κ3) is 4.26. The first-order chi connectivity index (χ1) is 16.5. The summed E-state index contributed by atoms with van der Waals surface area (Å²) in [5.41, 5.74) is 4.63. The Labute approximate surface area is 214 Å². The zero-order valence-electron chi connectivity index (χ0n) is 19.1. The van der Waals surface area contributed by atoms with Crippen molar-refractivity contribution in [1.29, 1.82) is 0 Å². The number of halogens is 1. The van der Waals surface area contributed by atoms with Gasteiger partial charge >= 0.3 is 36.9 Å². The molecule has 2 aromatic rings. The summed E-state index contributed by atoms with van der Waals surface area (Å²) in [6, 6.07) is 14.9. The molecular formula is C24H26BBrN3O4S. The van der Waals surface area contributed by atoms with Crippen molar-refractivity contribution >= 4 is 59.9 Å². The minimum atomic E-state index is -0.240. The molecule has 177 valence electrons. The van der Waals surface area contributed by atoms with Crippen molar-refractivity contribution in [3.05, 3.63) is 58.1 Å². The van der Waals surface area contributed by atoms with Crippen LogP contribution in [0, 0.1) is 0 Å². The molecule has 0 spiro atoms. The average molecular weight is 543 g/mol. The van der Waals surface area contributed by atoms with E-state index >= 15 is 0 Å². The molecule has 2 heterocycles. The molecule has 34 heavy (non-hydrogen) atoms. The number of rotatable bonds is 0. The molecule has 2 fully saturated rings. The van der Waals surface area contributed by atoms with E-state index < -0.39 is 0 Å². The SMILES string of the molecule is COC(=O)N1c2ccc(Br)cc2C2CCC21.COC(=O)N1c2ccccc2C2CCC21.[B]=NS. The van der Waals surface area contributed by atoms with E-state index in [2.05, 4.69) is 52.8 Å². The Bertz CT molecular complexity index is 1100.